The van der Waals surface area contributed by atoms with E-state index in [-0.39, 0.29) is 5.69 Å². The highest BCUT2D eigenvalue weighted by atomic mass is 16.6. The fourth-order valence-electron chi connectivity index (χ4n) is 2.16. The van der Waals surface area contributed by atoms with Crippen molar-refractivity contribution in [1.82, 2.24) is 9.97 Å². The van der Waals surface area contributed by atoms with Gasteiger partial charge in [0.1, 0.15) is 5.69 Å². The number of anilines is 1. The molecule has 6 heteroatoms. The van der Waals surface area contributed by atoms with Gasteiger partial charge in [0, 0.05) is 12.1 Å². The monoisotopic (exact) mass is 286 g/mol. The SMILES string of the molecule is CCNc1nc(C)c([N+](=O)[O-])c(-c2cccc(CC)c2)n1. The molecule has 0 saturated heterocycles. The summed E-state index contributed by atoms with van der Waals surface area (Å²) in [6, 6.07) is 7.66. The number of nitrogens with zero attached hydrogens (tertiary/aromatic N) is 3. The van der Waals surface area contributed by atoms with Crippen LogP contribution < -0.4 is 5.32 Å². The molecular formula is C15H18N4O2. The van der Waals surface area contributed by atoms with Gasteiger partial charge in [-0.15, -0.1) is 0 Å². The first-order valence-electron chi connectivity index (χ1n) is 6.93. The summed E-state index contributed by atoms with van der Waals surface area (Å²) >= 11 is 0. The quantitative estimate of drug-likeness (QED) is 0.673. The first-order valence-corrected chi connectivity index (χ1v) is 6.93. The van der Waals surface area contributed by atoms with E-state index in [9.17, 15) is 10.1 Å². The molecule has 21 heavy (non-hydrogen) atoms. The van der Waals surface area contributed by atoms with Crippen LogP contribution in [0.15, 0.2) is 24.3 Å². The van der Waals surface area contributed by atoms with Crippen LogP contribution in [0.25, 0.3) is 11.3 Å². The average molecular weight is 286 g/mol. The molecule has 0 aliphatic rings. The molecule has 1 N–H and O–H groups in total. The van der Waals surface area contributed by atoms with E-state index in [0.29, 0.717) is 23.9 Å². The summed E-state index contributed by atoms with van der Waals surface area (Å²) in [5.41, 5.74) is 2.54. The summed E-state index contributed by atoms with van der Waals surface area (Å²) in [7, 11) is 0. The summed E-state index contributed by atoms with van der Waals surface area (Å²) in [5, 5.41) is 14.4. The maximum atomic E-state index is 11.3. The largest absolute Gasteiger partial charge is 0.354 e. The van der Waals surface area contributed by atoms with Gasteiger partial charge in [-0.3, -0.25) is 10.1 Å². The van der Waals surface area contributed by atoms with E-state index in [1.807, 2.05) is 38.1 Å². The van der Waals surface area contributed by atoms with Crippen molar-refractivity contribution in [3.05, 3.63) is 45.6 Å². The van der Waals surface area contributed by atoms with Gasteiger partial charge < -0.3 is 5.32 Å². The third-order valence-electron chi connectivity index (χ3n) is 3.18. The van der Waals surface area contributed by atoms with E-state index < -0.39 is 4.92 Å². The maximum Gasteiger partial charge on any atom is 0.316 e. The van der Waals surface area contributed by atoms with Gasteiger partial charge in [-0.2, -0.15) is 0 Å². The Morgan fingerprint density at radius 2 is 2.05 bits per heavy atom. The van der Waals surface area contributed by atoms with E-state index in [1.165, 1.54) is 0 Å². The molecule has 2 aromatic rings. The van der Waals surface area contributed by atoms with E-state index >= 15 is 0 Å². The molecule has 0 bridgehead atoms. The molecule has 1 aromatic carbocycles. The van der Waals surface area contributed by atoms with Gasteiger partial charge in [-0.05, 0) is 31.9 Å². The van der Waals surface area contributed by atoms with Crippen LogP contribution in [-0.4, -0.2) is 21.4 Å². The van der Waals surface area contributed by atoms with Gasteiger partial charge in [0.25, 0.3) is 0 Å². The van der Waals surface area contributed by atoms with Crippen LogP contribution in [-0.2, 0) is 6.42 Å². The summed E-state index contributed by atoms with van der Waals surface area (Å²) in [6.07, 6.45) is 0.867. The van der Waals surface area contributed by atoms with Gasteiger partial charge >= 0.3 is 5.69 Å². The van der Waals surface area contributed by atoms with Crippen molar-refractivity contribution >= 4 is 11.6 Å². The molecule has 0 saturated carbocycles. The molecule has 110 valence electrons. The smallest absolute Gasteiger partial charge is 0.316 e. The number of nitro groups is 1. The molecular weight excluding hydrogens is 268 g/mol. The minimum Gasteiger partial charge on any atom is -0.354 e. The van der Waals surface area contributed by atoms with E-state index in [4.69, 9.17) is 0 Å². The van der Waals surface area contributed by atoms with Gasteiger partial charge in [-0.25, -0.2) is 9.97 Å². The Kier molecular flexibility index (Phi) is 4.47. The Hall–Kier alpha value is -2.50. The molecule has 2 rings (SSSR count). The average Bonchev–Trinajstić information content (AvgIpc) is 2.46. The van der Waals surface area contributed by atoms with Crippen LogP contribution in [0, 0.1) is 17.0 Å². The van der Waals surface area contributed by atoms with E-state index in [0.717, 1.165) is 17.5 Å². The van der Waals surface area contributed by atoms with Crippen molar-refractivity contribution in [3.8, 4) is 11.3 Å². The van der Waals surface area contributed by atoms with Crippen molar-refractivity contribution < 1.29 is 4.92 Å². The lowest BCUT2D eigenvalue weighted by molar-refractivity contribution is -0.385. The standard InChI is InChI=1S/C15H18N4O2/c1-4-11-7-6-8-12(9-11)13-14(19(20)21)10(3)17-15(18-13)16-5-2/h6-9H,4-5H2,1-3H3,(H,16,17,18). The van der Waals surface area contributed by atoms with Crippen molar-refractivity contribution in [2.45, 2.75) is 27.2 Å². The minimum atomic E-state index is -0.418. The normalized spacial score (nSPS) is 10.4. The van der Waals surface area contributed by atoms with Crippen molar-refractivity contribution in [2.75, 3.05) is 11.9 Å². The molecule has 6 nitrogen and oxygen atoms in total. The molecule has 1 aromatic heterocycles. The van der Waals surface area contributed by atoms with Crippen LogP contribution in [0.3, 0.4) is 0 Å². The fourth-order valence-corrected chi connectivity index (χ4v) is 2.16. The lowest BCUT2D eigenvalue weighted by atomic mass is 10.0. The second-order valence-corrected chi connectivity index (χ2v) is 4.67. The zero-order valence-electron chi connectivity index (χ0n) is 12.4. The Balaban J connectivity index is 2.65. The molecule has 0 fully saturated rings. The third kappa shape index (κ3) is 3.16. The zero-order valence-corrected chi connectivity index (χ0v) is 12.4. The number of benzene rings is 1. The van der Waals surface area contributed by atoms with Gasteiger partial charge in [-0.1, -0.05) is 25.1 Å². The Morgan fingerprint density at radius 1 is 1.29 bits per heavy atom. The zero-order chi connectivity index (χ0) is 15.4. The predicted octanol–water partition coefficient (Wildman–Crippen LogP) is 3.35. The lowest BCUT2D eigenvalue weighted by Crippen LogP contribution is -2.07. The number of hydrogen-bond acceptors (Lipinski definition) is 5. The van der Waals surface area contributed by atoms with Crippen molar-refractivity contribution in [1.29, 1.82) is 0 Å². The number of nitrogens with one attached hydrogen (secondary N) is 1. The highest BCUT2D eigenvalue weighted by Crippen LogP contribution is 2.31. The van der Waals surface area contributed by atoms with Gasteiger partial charge in [0.05, 0.1) is 4.92 Å². The van der Waals surface area contributed by atoms with E-state index in [2.05, 4.69) is 15.3 Å². The Labute approximate surface area is 123 Å². The van der Waals surface area contributed by atoms with Crippen LogP contribution in [0.2, 0.25) is 0 Å². The molecule has 0 radical (unpaired) electrons. The Morgan fingerprint density at radius 3 is 2.67 bits per heavy atom. The van der Waals surface area contributed by atoms with Crippen LogP contribution >= 0.6 is 0 Å². The summed E-state index contributed by atoms with van der Waals surface area (Å²) in [4.78, 5) is 19.4. The van der Waals surface area contributed by atoms with Crippen molar-refractivity contribution in [2.24, 2.45) is 0 Å². The Bertz CT molecular complexity index is 671. The molecule has 0 unspecified atom stereocenters. The van der Waals surface area contributed by atoms with Crippen molar-refractivity contribution in [3.63, 3.8) is 0 Å². The van der Waals surface area contributed by atoms with Crippen LogP contribution in [0.1, 0.15) is 25.1 Å². The maximum absolute atomic E-state index is 11.3. The second kappa shape index (κ2) is 6.30. The fraction of sp³-hybridized carbons (Fsp3) is 0.333. The molecule has 0 atom stereocenters. The first-order chi connectivity index (χ1) is 10.1. The van der Waals surface area contributed by atoms with Crippen LogP contribution in [0.5, 0.6) is 0 Å². The molecule has 1 heterocycles. The van der Waals surface area contributed by atoms with E-state index in [1.54, 1.807) is 6.92 Å². The number of aryl methyl sites for hydroxylation is 2. The van der Waals surface area contributed by atoms with Gasteiger partial charge in [0.15, 0.2) is 5.69 Å². The molecule has 0 aliphatic heterocycles. The van der Waals surface area contributed by atoms with Crippen LogP contribution in [0.4, 0.5) is 11.6 Å². The minimum absolute atomic E-state index is 0.0371. The second-order valence-electron chi connectivity index (χ2n) is 4.67. The number of aromatic nitrogens is 2. The molecule has 0 spiro atoms. The van der Waals surface area contributed by atoms with Gasteiger partial charge in [0.2, 0.25) is 5.95 Å². The molecule has 0 aliphatic carbocycles. The first kappa shape index (κ1) is 14.9. The third-order valence-corrected chi connectivity index (χ3v) is 3.18. The summed E-state index contributed by atoms with van der Waals surface area (Å²) < 4.78 is 0. The predicted molar refractivity (Wildman–Crippen MR) is 82.4 cm³/mol. The highest BCUT2D eigenvalue weighted by Gasteiger charge is 2.23. The summed E-state index contributed by atoms with van der Waals surface area (Å²) in [5.74, 6) is 0.414. The summed E-state index contributed by atoms with van der Waals surface area (Å²) in [6.45, 7) is 6.26. The lowest BCUT2D eigenvalue weighted by Gasteiger charge is -2.09. The topological polar surface area (TPSA) is 81.0 Å². The number of rotatable bonds is 5. The number of hydrogen-bond donors (Lipinski definition) is 1. The molecule has 0 amide bonds. The highest BCUT2D eigenvalue weighted by molar-refractivity contribution is 5.72.